The zero-order valence-electron chi connectivity index (χ0n) is 26.5. The molecule has 0 fully saturated rings. The van der Waals surface area contributed by atoms with E-state index in [1.807, 2.05) is 4.72 Å². The lowest BCUT2D eigenvalue weighted by Gasteiger charge is -2.20. The van der Waals surface area contributed by atoms with Crippen LogP contribution >= 0.6 is 0 Å². The zero-order valence-corrected chi connectivity index (χ0v) is 28.3. The summed E-state index contributed by atoms with van der Waals surface area (Å²) in [5, 5.41) is 7.57. The molecule has 0 saturated carbocycles. The fraction of sp³-hybridized carbons (Fsp3) is 0.333. The first-order chi connectivity index (χ1) is 22.4. The third-order valence-electron chi connectivity index (χ3n) is 6.71. The first-order valence-electron chi connectivity index (χ1n) is 14.6. The molecule has 4 rings (SSSR count). The number of hydrogen-bond donors (Lipinski definition) is 3. The number of halogens is 4. The molecule has 0 aliphatic carbocycles. The van der Waals surface area contributed by atoms with Crippen molar-refractivity contribution in [1.29, 1.82) is 0 Å². The van der Waals surface area contributed by atoms with E-state index < -0.39 is 47.9 Å². The van der Waals surface area contributed by atoms with Crippen LogP contribution in [0.2, 0.25) is 25.7 Å². The molecule has 4 N–H and O–H groups in total. The Kier molecular flexibility index (Phi) is 11.1. The Hall–Kier alpha value is -4.55. The molecule has 4 aromatic rings. The van der Waals surface area contributed by atoms with Gasteiger partial charge < -0.3 is 20.5 Å². The second-order valence-corrected chi connectivity index (χ2v) is 19.3. The van der Waals surface area contributed by atoms with Gasteiger partial charge in [0.2, 0.25) is 10.0 Å². The molecule has 0 radical (unpaired) electrons. The number of anilines is 3. The maximum atomic E-state index is 14.0. The molecule has 1 unspecified atom stereocenters. The van der Waals surface area contributed by atoms with Crippen LogP contribution in [0.3, 0.4) is 0 Å². The topological polar surface area (TPSA) is 163 Å². The predicted molar refractivity (Wildman–Crippen MR) is 175 cm³/mol. The number of nitrogens with one attached hydrogen (secondary N) is 2. The molecule has 2 heterocycles. The van der Waals surface area contributed by atoms with Crippen molar-refractivity contribution < 1.29 is 40.2 Å². The number of aromatic nitrogens is 4. The number of nitrogens with two attached hydrogens (primary N) is 1. The predicted octanol–water partition coefficient (Wildman–Crippen LogP) is 6.08. The number of sulfonamides is 1. The number of ether oxygens (including phenoxy) is 2. The number of carbonyl (C=O) groups excluding carboxylic acids is 1. The summed E-state index contributed by atoms with van der Waals surface area (Å²) in [5.41, 5.74) is 5.99. The van der Waals surface area contributed by atoms with Crippen molar-refractivity contribution in [3.63, 3.8) is 0 Å². The van der Waals surface area contributed by atoms with Gasteiger partial charge in [-0.1, -0.05) is 37.8 Å². The first kappa shape index (κ1) is 36.3. The van der Waals surface area contributed by atoms with E-state index in [-0.39, 0.29) is 46.6 Å². The van der Waals surface area contributed by atoms with Gasteiger partial charge in [0.1, 0.15) is 47.3 Å². The second-order valence-electron chi connectivity index (χ2n) is 12.0. The maximum Gasteiger partial charge on any atom is 0.404 e. The lowest BCUT2D eigenvalue weighted by atomic mass is 10.1. The summed E-state index contributed by atoms with van der Waals surface area (Å²) in [6.45, 7) is 8.44. The lowest BCUT2D eigenvalue weighted by molar-refractivity contribution is -0.106. The fourth-order valence-electron chi connectivity index (χ4n) is 4.42. The third kappa shape index (κ3) is 10.2. The summed E-state index contributed by atoms with van der Waals surface area (Å²) < 4.78 is 93.1. The molecule has 0 bridgehead atoms. The van der Waals surface area contributed by atoms with Crippen molar-refractivity contribution in [2.24, 2.45) is 5.73 Å². The number of benzene rings is 2. The van der Waals surface area contributed by atoms with Gasteiger partial charge in [0, 0.05) is 32.6 Å². The Morgan fingerprint density at radius 2 is 1.88 bits per heavy atom. The van der Waals surface area contributed by atoms with Gasteiger partial charge in [-0.15, -0.1) is 0 Å². The van der Waals surface area contributed by atoms with E-state index in [9.17, 15) is 30.8 Å². The largest absolute Gasteiger partial charge is 0.484 e. The van der Waals surface area contributed by atoms with E-state index in [2.05, 4.69) is 40.0 Å². The van der Waals surface area contributed by atoms with Crippen LogP contribution in [0.5, 0.6) is 5.75 Å². The first-order valence-corrected chi connectivity index (χ1v) is 19.9. The molecule has 0 aliphatic heterocycles. The summed E-state index contributed by atoms with van der Waals surface area (Å²) >= 11 is 0. The Morgan fingerprint density at radius 3 is 2.50 bits per heavy atom. The van der Waals surface area contributed by atoms with Crippen LogP contribution in [0.4, 0.5) is 34.9 Å². The quantitative estimate of drug-likeness (QED) is 0.0755. The molecule has 1 amide bonds. The van der Waals surface area contributed by atoms with E-state index in [4.69, 9.17) is 15.2 Å². The van der Waals surface area contributed by atoms with Gasteiger partial charge in [-0.25, -0.2) is 22.5 Å². The Labute approximate surface area is 275 Å². The molecule has 258 valence electrons. The lowest BCUT2D eigenvalue weighted by Crippen LogP contribution is -2.28. The van der Waals surface area contributed by atoms with Gasteiger partial charge in [0.15, 0.2) is 5.75 Å². The SMILES string of the molecule is CC(Oc1cc(-c2nn(COCC[Si](C)(C)C)c(Nc3cnccn3)c2C(N)=O)ccc1NS(=O)(=O)CC(F)(F)F)c1cccc(F)c1. The van der Waals surface area contributed by atoms with Gasteiger partial charge in [-0.2, -0.15) is 18.3 Å². The van der Waals surface area contributed by atoms with Gasteiger partial charge in [0.25, 0.3) is 5.91 Å². The highest BCUT2D eigenvalue weighted by atomic mass is 32.2. The molecule has 48 heavy (non-hydrogen) atoms. The van der Waals surface area contributed by atoms with Crippen LogP contribution in [-0.4, -0.2) is 60.7 Å². The number of carbonyl (C=O) groups is 1. The number of hydrogen-bond acceptors (Lipinski definition) is 9. The molecular formula is C30H35F4N7O5SSi. The van der Waals surface area contributed by atoms with Crippen LogP contribution < -0.4 is 20.5 Å². The van der Waals surface area contributed by atoms with Crippen molar-refractivity contribution in [2.45, 2.75) is 51.6 Å². The molecule has 2 aromatic carbocycles. The van der Waals surface area contributed by atoms with Crippen molar-refractivity contribution in [1.82, 2.24) is 19.7 Å². The van der Waals surface area contributed by atoms with Gasteiger partial charge in [-0.3, -0.25) is 14.5 Å². The minimum atomic E-state index is -5.02. The molecule has 12 nitrogen and oxygen atoms in total. The highest BCUT2D eigenvalue weighted by Crippen LogP contribution is 2.38. The van der Waals surface area contributed by atoms with Crippen LogP contribution in [0.25, 0.3) is 11.3 Å². The van der Waals surface area contributed by atoms with Crippen LogP contribution in [0, 0.1) is 5.82 Å². The minimum absolute atomic E-state index is 0.0237. The van der Waals surface area contributed by atoms with Crippen molar-refractivity contribution in [3.05, 3.63) is 78.0 Å². The van der Waals surface area contributed by atoms with E-state index in [1.165, 1.54) is 59.7 Å². The van der Waals surface area contributed by atoms with E-state index >= 15 is 0 Å². The van der Waals surface area contributed by atoms with Crippen molar-refractivity contribution in [3.8, 4) is 17.0 Å². The van der Waals surface area contributed by atoms with E-state index in [0.29, 0.717) is 12.2 Å². The average molecular weight is 710 g/mol. The number of alkyl halides is 3. The van der Waals surface area contributed by atoms with Crippen molar-refractivity contribution in [2.75, 3.05) is 22.4 Å². The summed E-state index contributed by atoms with van der Waals surface area (Å²) in [7, 11) is -6.37. The summed E-state index contributed by atoms with van der Waals surface area (Å²) in [5.74, 6) is -3.44. The average Bonchev–Trinajstić information content (AvgIpc) is 3.33. The van der Waals surface area contributed by atoms with E-state index in [0.717, 1.165) is 6.04 Å². The highest BCUT2D eigenvalue weighted by molar-refractivity contribution is 7.92. The maximum absolute atomic E-state index is 14.0. The Balaban J connectivity index is 1.81. The van der Waals surface area contributed by atoms with Crippen LogP contribution in [0.1, 0.15) is 28.9 Å². The number of nitrogens with zero attached hydrogens (tertiary/aromatic N) is 4. The molecule has 1 atom stereocenters. The van der Waals surface area contributed by atoms with Crippen LogP contribution in [0.15, 0.2) is 61.1 Å². The monoisotopic (exact) mass is 709 g/mol. The van der Waals surface area contributed by atoms with Crippen LogP contribution in [-0.2, 0) is 21.5 Å². The molecule has 0 spiro atoms. The zero-order chi connectivity index (χ0) is 35.3. The van der Waals surface area contributed by atoms with Crippen molar-refractivity contribution >= 4 is 41.3 Å². The smallest absolute Gasteiger partial charge is 0.404 e. The third-order valence-corrected chi connectivity index (χ3v) is 9.66. The highest BCUT2D eigenvalue weighted by Gasteiger charge is 2.36. The van der Waals surface area contributed by atoms with E-state index in [1.54, 1.807) is 13.0 Å². The Bertz CT molecular complexity index is 1850. The normalized spacial score (nSPS) is 12.8. The molecule has 0 aliphatic rings. The van der Waals surface area contributed by atoms with Gasteiger partial charge >= 0.3 is 6.18 Å². The van der Waals surface area contributed by atoms with Gasteiger partial charge in [-0.05, 0) is 42.8 Å². The Morgan fingerprint density at radius 1 is 1.12 bits per heavy atom. The fourth-order valence-corrected chi connectivity index (χ4v) is 6.18. The van der Waals surface area contributed by atoms with Gasteiger partial charge in [0.05, 0.1) is 11.9 Å². The number of amides is 1. The molecular weight excluding hydrogens is 675 g/mol. The molecule has 0 saturated heterocycles. The standard InChI is InChI=1S/C30H35F4N7O5SSi/c1-19(20-6-5-7-22(31)14-20)46-24-15-21(8-9-23(24)40-47(43,44)17-30(32,33)34)27-26(28(35)42)29(38-25-16-36-10-11-37-25)41(39-27)18-45-12-13-48(2,3)4/h5-11,14-16,19,40H,12-13,17-18H2,1-4H3,(H2,35,42)(H,37,38). The second kappa shape index (κ2) is 14.7. The number of primary amides is 1. The summed E-state index contributed by atoms with van der Waals surface area (Å²) in [6.07, 6.45) is -1.62. The minimum Gasteiger partial charge on any atom is -0.484 e. The number of rotatable bonds is 15. The molecule has 2 aromatic heterocycles. The molecule has 18 heteroatoms. The summed E-state index contributed by atoms with van der Waals surface area (Å²) in [6, 6.07) is 10.1. The summed E-state index contributed by atoms with van der Waals surface area (Å²) in [4.78, 5) is 21.1.